The van der Waals surface area contributed by atoms with Gasteiger partial charge in [0, 0.05) is 29.9 Å². The summed E-state index contributed by atoms with van der Waals surface area (Å²) in [5, 5.41) is 9.37. The SMILES string of the molecule is CC1CN(c2ccc(Cl)cc2/C=C/C(=O)O)CC(C)O1. The van der Waals surface area contributed by atoms with Gasteiger partial charge in [0.25, 0.3) is 0 Å². The van der Waals surface area contributed by atoms with Crippen molar-refractivity contribution in [1.29, 1.82) is 0 Å². The van der Waals surface area contributed by atoms with E-state index < -0.39 is 5.97 Å². The molecule has 1 aliphatic rings. The molecule has 20 heavy (non-hydrogen) atoms. The third-order valence-corrected chi connectivity index (χ3v) is 3.39. The fourth-order valence-corrected chi connectivity index (χ4v) is 2.66. The first-order valence-corrected chi connectivity index (χ1v) is 6.94. The zero-order valence-electron chi connectivity index (χ0n) is 11.5. The molecule has 0 amide bonds. The lowest BCUT2D eigenvalue weighted by Gasteiger charge is -2.37. The van der Waals surface area contributed by atoms with E-state index in [1.807, 2.05) is 26.0 Å². The molecule has 1 aromatic carbocycles. The lowest BCUT2D eigenvalue weighted by atomic mass is 10.1. The average Bonchev–Trinajstić information content (AvgIpc) is 2.35. The molecule has 1 heterocycles. The maximum Gasteiger partial charge on any atom is 0.328 e. The van der Waals surface area contributed by atoms with E-state index in [2.05, 4.69) is 4.90 Å². The molecular formula is C15H18ClNO3. The van der Waals surface area contributed by atoms with Gasteiger partial charge in [-0.15, -0.1) is 0 Å². The van der Waals surface area contributed by atoms with Crippen LogP contribution in [0.5, 0.6) is 0 Å². The van der Waals surface area contributed by atoms with Crippen LogP contribution in [0, 0.1) is 0 Å². The Hall–Kier alpha value is -1.52. The molecule has 5 heteroatoms. The van der Waals surface area contributed by atoms with Crippen LogP contribution in [0.1, 0.15) is 19.4 Å². The highest BCUT2D eigenvalue weighted by Crippen LogP contribution is 2.28. The number of anilines is 1. The topological polar surface area (TPSA) is 49.8 Å². The number of hydrogen-bond acceptors (Lipinski definition) is 3. The average molecular weight is 296 g/mol. The summed E-state index contributed by atoms with van der Waals surface area (Å²) in [6.45, 7) is 5.62. The number of carboxylic acid groups (broad SMARTS) is 1. The Morgan fingerprint density at radius 1 is 1.40 bits per heavy atom. The van der Waals surface area contributed by atoms with Crippen LogP contribution in [0.4, 0.5) is 5.69 Å². The van der Waals surface area contributed by atoms with E-state index in [1.54, 1.807) is 12.1 Å². The molecule has 0 bridgehead atoms. The van der Waals surface area contributed by atoms with Gasteiger partial charge in [0.2, 0.25) is 0 Å². The lowest BCUT2D eigenvalue weighted by molar-refractivity contribution is -0.131. The van der Waals surface area contributed by atoms with Crippen molar-refractivity contribution in [1.82, 2.24) is 0 Å². The highest BCUT2D eigenvalue weighted by Gasteiger charge is 2.23. The highest BCUT2D eigenvalue weighted by atomic mass is 35.5. The molecule has 1 N–H and O–H groups in total. The van der Waals surface area contributed by atoms with Crippen molar-refractivity contribution in [2.24, 2.45) is 0 Å². The van der Waals surface area contributed by atoms with E-state index >= 15 is 0 Å². The normalized spacial score (nSPS) is 23.2. The largest absolute Gasteiger partial charge is 0.478 e. The van der Waals surface area contributed by atoms with Gasteiger partial charge in [-0.1, -0.05) is 11.6 Å². The fraction of sp³-hybridized carbons (Fsp3) is 0.400. The molecule has 2 unspecified atom stereocenters. The number of rotatable bonds is 3. The summed E-state index contributed by atoms with van der Waals surface area (Å²) in [6.07, 6.45) is 2.99. The third kappa shape index (κ3) is 3.74. The number of nitrogens with zero attached hydrogens (tertiary/aromatic N) is 1. The zero-order chi connectivity index (χ0) is 14.7. The van der Waals surface area contributed by atoms with Crippen LogP contribution in [0.15, 0.2) is 24.3 Å². The first-order valence-electron chi connectivity index (χ1n) is 6.56. The summed E-state index contributed by atoms with van der Waals surface area (Å²) in [5.41, 5.74) is 1.79. The predicted molar refractivity (Wildman–Crippen MR) is 80.3 cm³/mol. The molecule has 2 atom stereocenters. The van der Waals surface area contributed by atoms with Crippen molar-refractivity contribution in [3.8, 4) is 0 Å². The number of morpholine rings is 1. The second kappa shape index (κ2) is 6.29. The van der Waals surface area contributed by atoms with Crippen LogP contribution in [0.3, 0.4) is 0 Å². The Morgan fingerprint density at radius 2 is 2.05 bits per heavy atom. The Balaban J connectivity index is 2.32. The maximum absolute atomic E-state index is 10.7. The van der Waals surface area contributed by atoms with E-state index in [9.17, 15) is 4.79 Å². The van der Waals surface area contributed by atoms with Gasteiger partial charge in [-0.05, 0) is 43.7 Å². The minimum atomic E-state index is -0.973. The van der Waals surface area contributed by atoms with Gasteiger partial charge in [-0.25, -0.2) is 4.79 Å². The Morgan fingerprint density at radius 3 is 2.65 bits per heavy atom. The molecule has 1 aromatic rings. The van der Waals surface area contributed by atoms with E-state index in [0.29, 0.717) is 5.02 Å². The minimum absolute atomic E-state index is 0.144. The van der Waals surface area contributed by atoms with Crippen LogP contribution in [-0.2, 0) is 9.53 Å². The van der Waals surface area contributed by atoms with Crippen LogP contribution in [-0.4, -0.2) is 36.4 Å². The molecule has 108 valence electrons. The molecule has 0 spiro atoms. The number of ether oxygens (including phenoxy) is 1. The second-order valence-electron chi connectivity index (χ2n) is 5.04. The number of carbonyl (C=O) groups is 1. The molecule has 0 saturated carbocycles. The first-order chi connectivity index (χ1) is 9.45. The van der Waals surface area contributed by atoms with Gasteiger partial charge in [-0.2, -0.15) is 0 Å². The monoisotopic (exact) mass is 295 g/mol. The van der Waals surface area contributed by atoms with E-state index in [0.717, 1.165) is 30.4 Å². The Bertz CT molecular complexity index is 520. The van der Waals surface area contributed by atoms with Gasteiger partial charge < -0.3 is 14.7 Å². The lowest BCUT2D eigenvalue weighted by Crippen LogP contribution is -2.45. The number of hydrogen-bond donors (Lipinski definition) is 1. The predicted octanol–water partition coefficient (Wildman–Crippen LogP) is 3.05. The van der Waals surface area contributed by atoms with Gasteiger partial charge in [-0.3, -0.25) is 0 Å². The van der Waals surface area contributed by atoms with Crippen molar-refractivity contribution < 1.29 is 14.6 Å². The van der Waals surface area contributed by atoms with E-state index in [-0.39, 0.29) is 12.2 Å². The molecule has 0 radical (unpaired) electrons. The highest BCUT2D eigenvalue weighted by molar-refractivity contribution is 6.30. The standard InChI is InChI=1S/C15H18ClNO3/c1-10-8-17(9-11(2)20-10)14-5-4-13(16)7-12(14)3-6-15(18)19/h3-7,10-11H,8-9H2,1-2H3,(H,18,19)/b6-3+. The Labute approximate surface area is 123 Å². The van der Waals surface area contributed by atoms with Crippen molar-refractivity contribution >= 4 is 29.3 Å². The summed E-state index contributed by atoms with van der Waals surface area (Å²) in [6, 6.07) is 5.52. The summed E-state index contributed by atoms with van der Waals surface area (Å²) in [4.78, 5) is 12.9. The number of halogens is 1. The molecule has 4 nitrogen and oxygen atoms in total. The van der Waals surface area contributed by atoms with Gasteiger partial charge >= 0.3 is 5.97 Å². The first kappa shape index (κ1) is 14.9. The summed E-state index contributed by atoms with van der Waals surface area (Å²) < 4.78 is 5.72. The maximum atomic E-state index is 10.7. The molecule has 1 saturated heterocycles. The van der Waals surface area contributed by atoms with E-state index in [4.69, 9.17) is 21.4 Å². The number of carboxylic acids is 1. The van der Waals surface area contributed by atoms with Crippen molar-refractivity contribution in [3.05, 3.63) is 34.9 Å². The second-order valence-corrected chi connectivity index (χ2v) is 5.47. The van der Waals surface area contributed by atoms with Crippen LogP contribution >= 0.6 is 11.6 Å². The van der Waals surface area contributed by atoms with Gasteiger partial charge in [0.15, 0.2) is 0 Å². The number of benzene rings is 1. The molecule has 0 aromatic heterocycles. The third-order valence-electron chi connectivity index (χ3n) is 3.16. The smallest absolute Gasteiger partial charge is 0.328 e. The molecule has 1 fully saturated rings. The quantitative estimate of drug-likeness (QED) is 0.871. The van der Waals surface area contributed by atoms with Crippen molar-refractivity contribution in [3.63, 3.8) is 0 Å². The molecule has 0 aliphatic carbocycles. The molecule has 2 rings (SSSR count). The van der Waals surface area contributed by atoms with Crippen molar-refractivity contribution in [2.75, 3.05) is 18.0 Å². The minimum Gasteiger partial charge on any atom is -0.478 e. The number of aliphatic carboxylic acids is 1. The van der Waals surface area contributed by atoms with E-state index in [1.165, 1.54) is 0 Å². The van der Waals surface area contributed by atoms with Gasteiger partial charge in [0.05, 0.1) is 12.2 Å². The van der Waals surface area contributed by atoms with Crippen LogP contribution < -0.4 is 4.90 Å². The van der Waals surface area contributed by atoms with Crippen LogP contribution in [0.2, 0.25) is 5.02 Å². The zero-order valence-corrected chi connectivity index (χ0v) is 12.3. The molecular weight excluding hydrogens is 278 g/mol. The summed E-state index contributed by atoms with van der Waals surface area (Å²) >= 11 is 6.00. The molecule has 1 aliphatic heterocycles. The van der Waals surface area contributed by atoms with Gasteiger partial charge in [0.1, 0.15) is 0 Å². The summed E-state index contributed by atoms with van der Waals surface area (Å²) in [7, 11) is 0. The summed E-state index contributed by atoms with van der Waals surface area (Å²) in [5.74, 6) is -0.973. The van der Waals surface area contributed by atoms with Crippen LogP contribution in [0.25, 0.3) is 6.08 Å². The fourth-order valence-electron chi connectivity index (χ4n) is 2.48. The van der Waals surface area contributed by atoms with Crippen molar-refractivity contribution in [2.45, 2.75) is 26.1 Å². The Kier molecular flexibility index (Phi) is 4.68.